The molecule has 2 N–H and O–H groups in total. The number of ether oxygens (including phenoxy) is 7. The average Bonchev–Trinajstić information content (AvgIpc) is 1.07. The molecule has 1 aliphatic rings. The number of aliphatic hydroxyl groups is 1. The SMILES string of the molecule is CCCCCCCCCCCCC/C=C/[C@@H](OC(=O)C(C)(C)C(=O)OC[C@H]1O[C@@H](Sc2ccccc2)[C@H](OCc2ccc(OC)cc2)[C@@H](OCc2ccc(OC)cc2)[C@@H]1O)[C@H](CO[Si](C)(C)C(C)(C)C)NC(=O)CCCCCCCCCCCCCCCCC. The minimum absolute atomic E-state index is 0.123. The number of aliphatic hydroxyl groups excluding tert-OH is 1. The molecule has 4 rings (SSSR count). The summed E-state index contributed by atoms with van der Waals surface area (Å²) in [6, 6.07) is 24.1. The highest BCUT2D eigenvalue weighted by Crippen LogP contribution is 2.39. The number of nitrogens with one attached hydrogen (secondary N) is 1. The molecule has 1 aliphatic heterocycles. The lowest BCUT2D eigenvalue weighted by molar-refractivity contribution is -0.240. The Labute approximate surface area is 550 Å². The van der Waals surface area contributed by atoms with Crippen molar-refractivity contribution >= 4 is 37.9 Å². The summed E-state index contributed by atoms with van der Waals surface area (Å²) in [4.78, 5) is 44.2. The summed E-state index contributed by atoms with van der Waals surface area (Å²) in [5.41, 5.74) is -0.845. The van der Waals surface area contributed by atoms with Gasteiger partial charge in [-0.2, -0.15) is 0 Å². The first kappa shape index (κ1) is 78.2. The van der Waals surface area contributed by atoms with Gasteiger partial charge in [0, 0.05) is 11.3 Å². The first-order valence-corrected chi connectivity index (χ1v) is 38.6. The fourth-order valence-corrected chi connectivity index (χ4v) is 12.9. The van der Waals surface area contributed by atoms with Crippen LogP contribution in [0.4, 0.5) is 0 Å². The van der Waals surface area contributed by atoms with Crippen molar-refractivity contribution in [3.05, 3.63) is 102 Å². The number of hydrogen-bond acceptors (Lipinski definition) is 13. The first-order chi connectivity index (χ1) is 43.3. The predicted molar refractivity (Wildman–Crippen MR) is 370 cm³/mol. The third kappa shape index (κ3) is 30.2. The lowest BCUT2D eigenvalue weighted by Crippen LogP contribution is -2.59. The van der Waals surface area contributed by atoms with E-state index in [0.717, 1.165) is 54.5 Å². The van der Waals surface area contributed by atoms with Gasteiger partial charge in [0.25, 0.3) is 0 Å². The molecule has 1 saturated heterocycles. The van der Waals surface area contributed by atoms with Crippen LogP contribution < -0.4 is 14.8 Å². The van der Waals surface area contributed by atoms with Gasteiger partial charge in [0.15, 0.2) is 13.7 Å². The minimum atomic E-state index is -2.36. The van der Waals surface area contributed by atoms with Crippen LogP contribution in [0.25, 0.3) is 0 Å². The van der Waals surface area contributed by atoms with E-state index in [0.29, 0.717) is 17.9 Å². The van der Waals surface area contributed by atoms with Gasteiger partial charge >= 0.3 is 11.9 Å². The number of carbonyl (C=O) groups is 3. The summed E-state index contributed by atoms with van der Waals surface area (Å²) in [5.74, 6) is -0.394. The number of allylic oxidation sites excluding steroid dienone is 1. The van der Waals surface area contributed by atoms with Crippen LogP contribution in [0, 0.1) is 5.41 Å². The van der Waals surface area contributed by atoms with Gasteiger partial charge in [-0.05, 0) is 105 Å². The third-order valence-corrected chi connectivity index (χ3v) is 23.6. The van der Waals surface area contributed by atoms with Gasteiger partial charge in [0.2, 0.25) is 5.91 Å². The molecule has 508 valence electrons. The molecule has 0 spiro atoms. The molecule has 0 unspecified atom stereocenters. The van der Waals surface area contributed by atoms with E-state index in [1.165, 1.54) is 160 Å². The van der Waals surface area contributed by atoms with Crippen LogP contribution >= 0.6 is 11.8 Å². The van der Waals surface area contributed by atoms with Crippen LogP contribution in [0.1, 0.15) is 239 Å². The van der Waals surface area contributed by atoms with Crippen molar-refractivity contribution < 1.29 is 57.1 Å². The van der Waals surface area contributed by atoms with Crippen molar-refractivity contribution in [2.24, 2.45) is 5.41 Å². The van der Waals surface area contributed by atoms with Gasteiger partial charge in [0.05, 0.1) is 40.1 Å². The maximum atomic E-state index is 14.7. The van der Waals surface area contributed by atoms with Gasteiger partial charge < -0.3 is 48.0 Å². The van der Waals surface area contributed by atoms with Crippen molar-refractivity contribution in [2.45, 2.75) is 306 Å². The molecular weight excluding hydrogens is 1170 g/mol. The Kier molecular flexibility index (Phi) is 38.6. The topological polar surface area (TPSA) is 157 Å². The Morgan fingerprint density at radius 3 is 1.53 bits per heavy atom. The Morgan fingerprint density at radius 1 is 0.611 bits per heavy atom. The van der Waals surface area contributed by atoms with Crippen LogP contribution in [0.15, 0.2) is 95.9 Å². The van der Waals surface area contributed by atoms with Crippen LogP contribution in [-0.4, -0.2) is 101 Å². The summed E-state index contributed by atoms with van der Waals surface area (Å²) in [7, 11) is 0.863. The number of unbranched alkanes of at least 4 members (excludes halogenated alkanes) is 25. The number of rotatable bonds is 49. The van der Waals surface area contributed by atoms with E-state index >= 15 is 0 Å². The van der Waals surface area contributed by atoms with Crippen molar-refractivity contribution in [1.29, 1.82) is 0 Å². The van der Waals surface area contributed by atoms with E-state index in [1.807, 2.05) is 91.0 Å². The van der Waals surface area contributed by atoms with Crippen molar-refractivity contribution in [3.63, 3.8) is 0 Å². The molecule has 3 aromatic carbocycles. The summed E-state index contributed by atoms with van der Waals surface area (Å²) in [6.45, 7) is 18.4. The molecule has 0 bridgehead atoms. The summed E-state index contributed by atoms with van der Waals surface area (Å²) < 4.78 is 50.1. The quantitative estimate of drug-likeness (QED) is 0.0181. The monoisotopic (exact) mass is 1290 g/mol. The highest BCUT2D eigenvalue weighted by molar-refractivity contribution is 7.99. The second-order valence-corrected chi connectivity index (χ2v) is 33.0. The fourth-order valence-electron chi connectivity index (χ4n) is 10.7. The van der Waals surface area contributed by atoms with Gasteiger partial charge in [-0.15, -0.1) is 0 Å². The van der Waals surface area contributed by atoms with E-state index in [4.69, 9.17) is 37.6 Å². The minimum Gasteiger partial charge on any atom is -0.497 e. The van der Waals surface area contributed by atoms with Crippen LogP contribution in [0.3, 0.4) is 0 Å². The maximum absolute atomic E-state index is 14.7. The zero-order valence-electron chi connectivity index (χ0n) is 57.7. The van der Waals surface area contributed by atoms with Gasteiger partial charge in [-0.25, -0.2) is 0 Å². The van der Waals surface area contributed by atoms with E-state index in [-0.39, 0.29) is 30.8 Å². The second kappa shape index (κ2) is 44.4. The number of esters is 2. The van der Waals surface area contributed by atoms with Crippen molar-refractivity contribution in [1.82, 2.24) is 5.32 Å². The third-order valence-electron chi connectivity index (χ3n) is 17.9. The molecule has 1 heterocycles. The molecule has 7 atom stereocenters. The van der Waals surface area contributed by atoms with E-state index < -0.39 is 74.3 Å². The van der Waals surface area contributed by atoms with Crippen molar-refractivity contribution in [3.8, 4) is 11.5 Å². The second-order valence-electron chi connectivity index (χ2n) is 27.0. The fraction of sp³-hybridized carbons (Fsp3) is 0.693. The Morgan fingerprint density at radius 2 is 1.07 bits per heavy atom. The number of methoxy groups -OCH3 is 2. The Hall–Kier alpha value is -4.22. The number of hydrogen-bond donors (Lipinski definition) is 2. The normalized spacial score (nSPS) is 17.9. The molecule has 0 radical (unpaired) electrons. The zero-order valence-corrected chi connectivity index (χ0v) is 59.5. The molecular formula is C75H121NO12SSi. The van der Waals surface area contributed by atoms with E-state index in [2.05, 4.69) is 53.0 Å². The van der Waals surface area contributed by atoms with E-state index in [1.54, 1.807) is 14.2 Å². The van der Waals surface area contributed by atoms with Crippen LogP contribution in [-0.2, 0) is 55.7 Å². The average molecular weight is 1290 g/mol. The molecule has 1 amide bonds. The smallest absolute Gasteiger partial charge is 0.323 e. The van der Waals surface area contributed by atoms with Gasteiger partial charge in [0.1, 0.15) is 54.1 Å². The van der Waals surface area contributed by atoms with Crippen LogP contribution in [0.5, 0.6) is 11.5 Å². The standard InChI is InChI=1S/C75H121NO12SSi/c1-12-14-16-18-20-22-24-26-27-29-31-33-35-37-42-46-67(77)76-64(57-86-90(10,11)74(3,4)5)65(45-41-36-34-32-30-28-25-23-21-19-17-15-13-2)88-73(80)75(6,7)72(79)85-58-66-68(78)69(83-55-59-47-51-61(81-8)52-48-59)70(71(87-66)89-63-43-39-38-40-44-63)84-56-60-49-53-62(82-9)54-50-60/h38-41,43-45,47-54,64-66,68-71,78H,12-37,42,46,55-58H2,1-11H3,(H,76,77)/b45-41+/t64-,65+,66+,68+,69-,70+,71-/m0/s1. The molecule has 0 aliphatic carbocycles. The number of amides is 1. The largest absolute Gasteiger partial charge is 0.497 e. The first-order valence-electron chi connectivity index (χ1n) is 34.9. The predicted octanol–water partition coefficient (Wildman–Crippen LogP) is 18.6. The summed E-state index contributed by atoms with van der Waals surface area (Å²) in [5, 5.41) is 15.5. The van der Waals surface area contributed by atoms with Crippen molar-refractivity contribution in [2.75, 3.05) is 27.4 Å². The molecule has 0 aromatic heterocycles. The molecule has 0 saturated carbocycles. The van der Waals surface area contributed by atoms with Gasteiger partial charge in [-0.3, -0.25) is 14.4 Å². The molecule has 3 aromatic rings. The highest BCUT2D eigenvalue weighted by atomic mass is 32.2. The summed E-state index contributed by atoms with van der Waals surface area (Å²) >= 11 is 1.41. The molecule has 90 heavy (non-hydrogen) atoms. The maximum Gasteiger partial charge on any atom is 0.323 e. The van der Waals surface area contributed by atoms with Crippen LogP contribution in [0.2, 0.25) is 18.1 Å². The number of benzene rings is 3. The van der Waals surface area contributed by atoms with E-state index in [9.17, 15) is 19.5 Å². The number of carbonyl (C=O) groups excluding carboxylic acids is 3. The molecule has 15 heteroatoms. The molecule has 1 fully saturated rings. The molecule has 13 nitrogen and oxygen atoms in total. The Bertz CT molecular complexity index is 2400. The lowest BCUT2D eigenvalue weighted by Gasteiger charge is -2.44. The Balaban J connectivity index is 1.51. The number of thioether (sulfide) groups is 1. The van der Waals surface area contributed by atoms with Gasteiger partial charge in [-0.1, -0.05) is 249 Å². The lowest BCUT2D eigenvalue weighted by atomic mass is 9.93. The zero-order chi connectivity index (χ0) is 65.5. The highest BCUT2D eigenvalue weighted by Gasteiger charge is 2.49. The summed E-state index contributed by atoms with van der Waals surface area (Å²) in [6.07, 6.45) is 32.0.